The van der Waals surface area contributed by atoms with Gasteiger partial charge in [0.05, 0.1) is 29.2 Å². The molecule has 0 bridgehead atoms. The summed E-state index contributed by atoms with van der Waals surface area (Å²) in [6.45, 7) is 1.63. The van der Waals surface area contributed by atoms with Crippen LogP contribution in [0.3, 0.4) is 0 Å². The minimum absolute atomic E-state index is 0.000167. The number of amides is 1. The molecule has 0 unspecified atom stereocenters. The van der Waals surface area contributed by atoms with Crippen molar-refractivity contribution in [1.82, 2.24) is 14.9 Å². The Morgan fingerprint density at radius 2 is 2.22 bits per heavy atom. The summed E-state index contributed by atoms with van der Waals surface area (Å²) in [5.41, 5.74) is 2.01. The zero-order chi connectivity index (χ0) is 18.8. The van der Waals surface area contributed by atoms with Crippen LogP contribution in [-0.2, 0) is 20.9 Å². The number of fused-ring (bicyclic) bond motifs is 1. The zero-order valence-corrected chi connectivity index (χ0v) is 14.9. The van der Waals surface area contributed by atoms with E-state index in [9.17, 15) is 9.18 Å². The van der Waals surface area contributed by atoms with E-state index >= 15 is 0 Å². The second kappa shape index (κ2) is 7.62. The maximum Gasteiger partial charge on any atom is 0.226 e. The van der Waals surface area contributed by atoms with Crippen LogP contribution in [0, 0.1) is 17.2 Å². The highest BCUT2D eigenvalue weighted by atomic mass is 19.1. The highest BCUT2D eigenvalue weighted by Crippen LogP contribution is 2.24. The van der Waals surface area contributed by atoms with Crippen molar-refractivity contribution < 1.29 is 18.7 Å². The molecule has 2 atom stereocenters. The maximum absolute atomic E-state index is 14.4. The average Bonchev–Trinajstić information content (AvgIpc) is 3.28. The van der Waals surface area contributed by atoms with E-state index < -0.39 is 12.3 Å². The van der Waals surface area contributed by atoms with E-state index in [4.69, 9.17) is 14.7 Å². The summed E-state index contributed by atoms with van der Waals surface area (Å²) in [7, 11) is 0. The Morgan fingerprint density at radius 1 is 1.41 bits per heavy atom. The molecule has 2 saturated heterocycles. The first-order chi connectivity index (χ1) is 13.1. The molecule has 1 N–H and O–H groups in total. The van der Waals surface area contributed by atoms with E-state index in [0.717, 1.165) is 11.0 Å². The molecule has 0 spiro atoms. The number of ether oxygens (including phenoxy) is 2. The molecule has 0 saturated carbocycles. The summed E-state index contributed by atoms with van der Waals surface area (Å²) in [6.07, 6.45) is -0.469. The van der Waals surface area contributed by atoms with Gasteiger partial charge in [-0.15, -0.1) is 0 Å². The molecule has 1 aromatic carbocycles. The minimum atomic E-state index is -1.21. The van der Waals surface area contributed by atoms with Gasteiger partial charge in [0.1, 0.15) is 24.7 Å². The van der Waals surface area contributed by atoms with Crippen LogP contribution in [-0.4, -0.2) is 59.4 Å². The number of H-pyrrole nitrogens is 1. The topological polar surface area (TPSA) is 91.2 Å². The second-order valence-electron chi connectivity index (χ2n) is 7.02. The third-order valence-electron chi connectivity index (χ3n) is 5.17. The van der Waals surface area contributed by atoms with Crippen LogP contribution in [0.1, 0.15) is 24.2 Å². The number of aromatic amines is 1. The number of carbonyl (C=O) groups excluding carboxylic acids is 1. The lowest BCUT2D eigenvalue weighted by Crippen LogP contribution is -2.37. The molecule has 0 radical (unpaired) electrons. The number of nitrogens with zero attached hydrogens (tertiary/aromatic N) is 3. The van der Waals surface area contributed by atoms with Gasteiger partial charge in [-0.3, -0.25) is 4.79 Å². The van der Waals surface area contributed by atoms with Crippen molar-refractivity contribution in [3.63, 3.8) is 0 Å². The highest BCUT2D eigenvalue weighted by Gasteiger charge is 2.38. The summed E-state index contributed by atoms with van der Waals surface area (Å²) in [4.78, 5) is 21.6. The number of nitriles is 1. The molecule has 27 heavy (non-hydrogen) atoms. The van der Waals surface area contributed by atoms with Gasteiger partial charge in [-0.1, -0.05) is 0 Å². The molecule has 2 aliphatic rings. The van der Waals surface area contributed by atoms with Crippen LogP contribution >= 0.6 is 0 Å². The molecule has 0 aliphatic carbocycles. The van der Waals surface area contributed by atoms with Crippen LogP contribution in [0.5, 0.6) is 0 Å². The first-order valence-corrected chi connectivity index (χ1v) is 9.15. The van der Waals surface area contributed by atoms with Gasteiger partial charge in [-0.25, -0.2) is 9.37 Å². The molecular formula is C19H21FN4O3. The zero-order valence-electron chi connectivity index (χ0n) is 14.9. The van der Waals surface area contributed by atoms with E-state index in [0.29, 0.717) is 37.4 Å². The van der Waals surface area contributed by atoms with Crippen molar-refractivity contribution in [2.45, 2.75) is 31.7 Å². The standard InChI is InChI=1S/C19H21FN4O3/c20-14-9-24(19(25)13-3-5-26-6-4-13)10-17(14)27-11-18-22-15-2-1-12(8-21)7-16(15)23-18/h1-2,7,13-14,17H,3-6,9-11H2,(H,22,23)/t14-,17+/m1/s1. The number of nitrogens with one attached hydrogen (secondary N) is 1. The summed E-state index contributed by atoms with van der Waals surface area (Å²) in [6, 6.07) is 7.25. The van der Waals surface area contributed by atoms with Crippen molar-refractivity contribution in [2.24, 2.45) is 5.92 Å². The third-order valence-corrected chi connectivity index (χ3v) is 5.17. The smallest absolute Gasteiger partial charge is 0.226 e. The lowest BCUT2D eigenvalue weighted by Gasteiger charge is -2.26. The molecule has 1 amide bonds. The Hall–Kier alpha value is -2.50. The van der Waals surface area contributed by atoms with E-state index in [-0.39, 0.29) is 31.5 Å². The van der Waals surface area contributed by atoms with Gasteiger partial charge in [0.15, 0.2) is 0 Å². The molecular weight excluding hydrogens is 351 g/mol. The lowest BCUT2D eigenvalue weighted by molar-refractivity contribution is -0.138. The molecule has 3 heterocycles. The summed E-state index contributed by atoms with van der Waals surface area (Å²) >= 11 is 0. The first kappa shape index (κ1) is 17.9. The van der Waals surface area contributed by atoms with Crippen LogP contribution in [0.25, 0.3) is 11.0 Å². The second-order valence-corrected chi connectivity index (χ2v) is 7.02. The van der Waals surface area contributed by atoms with Crippen LogP contribution < -0.4 is 0 Å². The van der Waals surface area contributed by atoms with E-state index in [2.05, 4.69) is 16.0 Å². The Kier molecular flexibility index (Phi) is 5.05. The van der Waals surface area contributed by atoms with Crippen molar-refractivity contribution in [2.75, 3.05) is 26.3 Å². The van der Waals surface area contributed by atoms with Gasteiger partial charge in [0, 0.05) is 25.7 Å². The van der Waals surface area contributed by atoms with Crippen molar-refractivity contribution in [3.05, 3.63) is 29.6 Å². The Labute approximate surface area is 156 Å². The lowest BCUT2D eigenvalue weighted by atomic mass is 9.99. The van der Waals surface area contributed by atoms with Crippen LogP contribution in [0.15, 0.2) is 18.2 Å². The fourth-order valence-electron chi connectivity index (χ4n) is 3.66. The monoisotopic (exact) mass is 372 g/mol. The number of likely N-dealkylation sites (tertiary alicyclic amines) is 1. The van der Waals surface area contributed by atoms with Crippen LogP contribution in [0.2, 0.25) is 0 Å². The summed E-state index contributed by atoms with van der Waals surface area (Å²) in [5, 5.41) is 8.95. The number of benzene rings is 1. The first-order valence-electron chi connectivity index (χ1n) is 9.15. The fourth-order valence-corrected chi connectivity index (χ4v) is 3.66. The van der Waals surface area contributed by atoms with Gasteiger partial charge in [0.25, 0.3) is 0 Å². The molecule has 8 heteroatoms. The number of hydrogen-bond acceptors (Lipinski definition) is 5. The molecule has 2 aromatic rings. The maximum atomic E-state index is 14.4. The van der Waals surface area contributed by atoms with Gasteiger partial charge in [-0.05, 0) is 31.0 Å². The van der Waals surface area contributed by atoms with Gasteiger partial charge < -0.3 is 19.4 Å². The Morgan fingerprint density at radius 3 is 3.00 bits per heavy atom. The fraction of sp³-hybridized carbons (Fsp3) is 0.526. The SMILES string of the molecule is N#Cc1ccc2nc(CO[C@H]3CN(C(=O)C4CCOCC4)C[C@H]3F)[nH]c2c1. The summed E-state index contributed by atoms with van der Waals surface area (Å²) < 4.78 is 25.3. The molecule has 7 nitrogen and oxygen atoms in total. The number of aromatic nitrogens is 2. The average molecular weight is 372 g/mol. The predicted molar refractivity (Wildman–Crippen MR) is 94.4 cm³/mol. The number of rotatable bonds is 4. The quantitative estimate of drug-likeness (QED) is 0.885. The van der Waals surface area contributed by atoms with Crippen LogP contribution in [0.4, 0.5) is 4.39 Å². The van der Waals surface area contributed by atoms with Crippen molar-refractivity contribution in [3.8, 4) is 6.07 Å². The number of carbonyl (C=O) groups is 1. The molecule has 4 rings (SSSR count). The summed E-state index contributed by atoms with van der Waals surface area (Å²) in [5.74, 6) is 0.496. The number of halogens is 1. The Bertz CT molecular complexity index is 871. The number of alkyl halides is 1. The number of imidazole rings is 1. The third kappa shape index (κ3) is 3.80. The molecule has 2 aliphatic heterocycles. The minimum Gasteiger partial charge on any atom is -0.381 e. The van der Waals surface area contributed by atoms with Gasteiger partial charge in [-0.2, -0.15) is 5.26 Å². The van der Waals surface area contributed by atoms with Crippen molar-refractivity contribution in [1.29, 1.82) is 5.26 Å². The van der Waals surface area contributed by atoms with Crippen molar-refractivity contribution >= 4 is 16.9 Å². The molecule has 2 fully saturated rings. The van der Waals surface area contributed by atoms with E-state index in [1.54, 1.807) is 23.1 Å². The van der Waals surface area contributed by atoms with E-state index in [1.807, 2.05) is 0 Å². The van der Waals surface area contributed by atoms with Gasteiger partial charge >= 0.3 is 0 Å². The Balaban J connectivity index is 1.35. The largest absolute Gasteiger partial charge is 0.381 e. The van der Waals surface area contributed by atoms with Gasteiger partial charge in [0.2, 0.25) is 5.91 Å². The normalized spacial score (nSPS) is 23.6. The highest BCUT2D eigenvalue weighted by molar-refractivity contribution is 5.79. The number of hydrogen-bond donors (Lipinski definition) is 1. The van der Waals surface area contributed by atoms with E-state index in [1.165, 1.54) is 0 Å². The predicted octanol–water partition coefficient (Wildman–Crippen LogP) is 1.93. The molecule has 142 valence electrons. The molecule has 1 aromatic heterocycles.